The van der Waals surface area contributed by atoms with Crippen molar-refractivity contribution in [2.75, 3.05) is 6.54 Å². The van der Waals surface area contributed by atoms with Gasteiger partial charge in [0.15, 0.2) is 0 Å². The Morgan fingerprint density at radius 2 is 2.15 bits per heavy atom. The summed E-state index contributed by atoms with van der Waals surface area (Å²) in [4.78, 5) is 0.0835. The van der Waals surface area contributed by atoms with Gasteiger partial charge < -0.3 is 5.73 Å². The van der Waals surface area contributed by atoms with E-state index in [4.69, 9.17) is 17.3 Å². The zero-order valence-electron chi connectivity index (χ0n) is 11.4. The standard InChI is InChI=1S/C14H17ClN2O2S/c1-14(2)9-13(14)17-20(18,19)12-6-5-10(4-3-7-16)8-11(12)15/h5-6,8,13,17H,7,9,16H2,1-2H3. The van der Waals surface area contributed by atoms with E-state index < -0.39 is 10.0 Å². The molecule has 0 heterocycles. The number of hydrogen-bond donors (Lipinski definition) is 2. The number of nitrogens with one attached hydrogen (secondary N) is 1. The summed E-state index contributed by atoms with van der Waals surface area (Å²) >= 11 is 6.05. The van der Waals surface area contributed by atoms with Gasteiger partial charge in [-0.05, 0) is 30.0 Å². The predicted octanol–water partition coefficient (Wildman–Crippen LogP) is 1.73. The summed E-state index contributed by atoms with van der Waals surface area (Å²) in [6.45, 7) is 4.29. The largest absolute Gasteiger partial charge is 0.320 e. The van der Waals surface area contributed by atoms with Crippen LogP contribution in [-0.4, -0.2) is 21.0 Å². The third-order valence-corrected chi connectivity index (χ3v) is 5.32. The van der Waals surface area contributed by atoms with Gasteiger partial charge in [0.25, 0.3) is 0 Å². The van der Waals surface area contributed by atoms with Crippen molar-refractivity contribution in [1.82, 2.24) is 4.72 Å². The van der Waals surface area contributed by atoms with Gasteiger partial charge in [-0.25, -0.2) is 13.1 Å². The van der Waals surface area contributed by atoms with Crippen LogP contribution < -0.4 is 10.5 Å². The number of nitrogens with two attached hydrogens (primary N) is 1. The van der Waals surface area contributed by atoms with Gasteiger partial charge in [0.1, 0.15) is 4.90 Å². The summed E-state index contributed by atoms with van der Waals surface area (Å²) in [7, 11) is -3.59. The highest BCUT2D eigenvalue weighted by Crippen LogP contribution is 2.45. The molecule has 108 valence electrons. The van der Waals surface area contributed by atoms with Crippen LogP contribution in [0.2, 0.25) is 5.02 Å². The molecule has 1 saturated carbocycles. The van der Waals surface area contributed by atoms with Crippen molar-refractivity contribution in [3.8, 4) is 11.8 Å². The van der Waals surface area contributed by atoms with Crippen LogP contribution in [0.1, 0.15) is 25.8 Å². The SMILES string of the molecule is CC1(C)CC1NS(=O)(=O)c1ccc(C#CCN)cc1Cl. The molecule has 20 heavy (non-hydrogen) atoms. The average Bonchev–Trinajstić information content (AvgIpc) is 2.92. The van der Waals surface area contributed by atoms with E-state index in [9.17, 15) is 8.42 Å². The van der Waals surface area contributed by atoms with Crippen molar-refractivity contribution in [1.29, 1.82) is 0 Å². The topological polar surface area (TPSA) is 72.2 Å². The van der Waals surface area contributed by atoms with Gasteiger partial charge in [-0.3, -0.25) is 0 Å². The highest BCUT2D eigenvalue weighted by atomic mass is 35.5. The van der Waals surface area contributed by atoms with Crippen LogP contribution in [0.3, 0.4) is 0 Å². The maximum Gasteiger partial charge on any atom is 0.242 e. The molecule has 2 rings (SSSR count). The summed E-state index contributed by atoms with van der Waals surface area (Å²) in [5, 5.41) is 0.166. The molecule has 0 amide bonds. The van der Waals surface area contributed by atoms with Crippen LogP contribution in [0, 0.1) is 17.3 Å². The van der Waals surface area contributed by atoms with Crippen LogP contribution in [0.4, 0.5) is 0 Å². The van der Waals surface area contributed by atoms with Crippen molar-refractivity contribution >= 4 is 21.6 Å². The lowest BCUT2D eigenvalue weighted by molar-refractivity contribution is 0.555. The lowest BCUT2D eigenvalue weighted by Crippen LogP contribution is -2.28. The Bertz CT molecular complexity index is 687. The minimum absolute atomic E-state index is 0.0199. The van der Waals surface area contributed by atoms with Gasteiger partial charge in [-0.15, -0.1) is 0 Å². The van der Waals surface area contributed by atoms with Gasteiger partial charge in [0.2, 0.25) is 10.0 Å². The first kappa shape index (κ1) is 15.3. The zero-order valence-corrected chi connectivity index (χ0v) is 13.0. The average molecular weight is 313 g/mol. The first-order valence-electron chi connectivity index (χ1n) is 6.27. The fourth-order valence-corrected chi connectivity index (χ4v) is 3.82. The smallest absolute Gasteiger partial charge is 0.242 e. The Labute approximate surface area is 124 Å². The molecule has 6 heteroatoms. The Morgan fingerprint density at radius 1 is 1.50 bits per heavy atom. The van der Waals surface area contributed by atoms with Crippen molar-refractivity contribution in [2.45, 2.75) is 31.2 Å². The van der Waals surface area contributed by atoms with Crippen LogP contribution >= 0.6 is 11.6 Å². The van der Waals surface area contributed by atoms with Gasteiger partial charge in [0.05, 0.1) is 11.6 Å². The number of hydrogen-bond acceptors (Lipinski definition) is 3. The van der Waals surface area contributed by atoms with Crippen LogP contribution in [-0.2, 0) is 10.0 Å². The second-order valence-corrected chi connectivity index (χ2v) is 7.61. The molecule has 4 nitrogen and oxygen atoms in total. The molecule has 0 bridgehead atoms. The zero-order chi connectivity index (χ0) is 15.0. The number of halogens is 1. The molecule has 1 unspecified atom stereocenters. The molecule has 0 aromatic heterocycles. The quantitative estimate of drug-likeness (QED) is 0.835. The van der Waals surface area contributed by atoms with E-state index in [0.29, 0.717) is 5.56 Å². The van der Waals surface area contributed by atoms with Crippen molar-refractivity contribution in [2.24, 2.45) is 11.1 Å². The van der Waals surface area contributed by atoms with Gasteiger partial charge in [-0.2, -0.15) is 0 Å². The molecule has 1 aliphatic rings. The van der Waals surface area contributed by atoms with Gasteiger partial charge in [0, 0.05) is 11.6 Å². The van der Waals surface area contributed by atoms with E-state index in [-0.39, 0.29) is 27.9 Å². The summed E-state index contributed by atoms with van der Waals surface area (Å²) in [6, 6.07) is 4.61. The van der Waals surface area contributed by atoms with E-state index in [1.165, 1.54) is 12.1 Å². The normalized spacial score (nSPS) is 20.1. The number of sulfonamides is 1. The molecular weight excluding hydrogens is 296 g/mol. The van der Waals surface area contributed by atoms with E-state index in [1.54, 1.807) is 6.07 Å². The molecule has 0 radical (unpaired) electrons. The fraction of sp³-hybridized carbons (Fsp3) is 0.429. The molecular formula is C14H17ClN2O2S. The molecule has 1 fully saturated rings. The third-order valence-electron chi connectivity index (χ3n) is 3.37. The Hall–Kier alpha value is -1.06. The summed E-state index contributed by atoms with van der Waals surface area (Å²) in [5.74, 6) is 5.51. The Kier molecular flexibility index (Phi) is 4.12. The first-order valence-corrected chi connectivity index (χ1v) is 8.13. The van der Waals surface area contributed by atoms with Crippen LogP contribution in [0.15, 0.2) is 23.1 Å². The maximum atomic E-state index is 12.3. The highest BCUT2D eigenvalue weighted by Gasteiger charge is 2.48. The monoisotopic (exact) mass is 312 g/mol. The predicted molar refractivity (Wildman–Crippen MR) is 79.9 cm³/mol. The Morgan fingerprint density at radius 3 is 2.65 bits per heavy atom. The van der Waals surface area contributed by atoms with E-state index in [0.717, 1.165) is 6.42 Å². The van der Waals surface area contributed by atoms with Crippen molar-refractivity contribution < 1.29 is 8.42 Å². The number of rotatable bonds is 3. The molecule has 1 aliphatic carbocycles. The third kappa shape index (κ3) is 3.33. The van der Waals surface area contributed by atoms with E-state index >= 15 is 0 Å². The minimum Gasteiger partial charge on any atom is -0.320 e. The highest BCUT2D eigenvalue weighted by molar-refractivity contribution is 7.89. The van der Waals surface area contributed by atoms with E-state index in [2.05, 4.69) is 16.6 Å². The van der Waals surface area contributed by atoms with E-state index in [1.807, 2.05) is 13.8 Å². The minimum atomic E-state index is -3.59. The molecule has 3 N–H and O–H groups in total. The second kappa shape index (κ2) is 5.38. The molecule has 1 atom stereocenters. The molecule has 0 spiro atoms. The fourth-order valence-electron chi connectivity index (χ4n) is 1.87. The van der Waals surface area contributed by atoms with Crippen LogP contribution in [0.5, 0.6) is 0 Å². The van der Waals surface area contributed by atoms with Gasteiger partial charge >= 0.3 is 0 Å². The Balaban J connectivity index is 2.24. The first-order chi connectivity index (χ1) is 9.26. The lowest BCUT2D eigenvalue weighted by atomic mass is 10.2. The van der Waals surface area contributed by atoms with Crippen molar-refractivity contribution in [3.05, 3.63) is 28.8 Å². The summed E-state index contributed by atoms with van der Waals surface area (Å²) in [6.07, 6.45) is 0.837. The second-order valence-electron chi connectivity index (χ2n) is 5.52. The van der Waals surface area contributed by atoms with Crippen LogP contribution in [0.25, 0.3) is 0 Å². The van der Waals surface area contributed by atoms with Gasteiger partial charge in [-0.1, -0.05) is 37.3 Å². The summed E-state index contributed by atoms with van der Waals surface area (Å²) < 4.78 is 27.2. The molecule has 1 aromatic rings. The maximum absolute atomic E-state index is 12.3. The molecule has 0 aliphatic heterocycles. The molecule has 1 aromatic carbocycles. The summed E-state index contributed by atoms with van der Waals surface area (Å²) in [5.41, 5.74) is 5.95. The molecule has 0 saturated heterocycles. The van der Waals surface area contributed by atoms with Crippen molar-refractivity contribution in [3.63, 3.8) is 0 Å². The lowest BCUT2D eigenvalue weighted by Gasteiger charge is -2.09. The number of benzene rings is 1.